The van der Waals surface area contributed by atoms with Crippen molar-refractivity contribution in [3.05, 3.63) is 29.2 Å². The molecule has 10 heteroatoms. The van der Waals surface area contributed by atoms with Crippen molar-refractivity contribution in [2.24, 2.45) is 5.28 Å². The molecular formula is C15H22F3N5O2. The van der Waals surface area contributed by atoms with Crippen LogP contribution < -0.4 is 4.90 Å². The van der Waals surface area contributed by atoms with E-state index in [9.17, 15) is 18.4 Å². The number of hydrogen-bond donors (Lipinski definition) is 0. The maximum atomic E-state index is 12.5. The molecule has 0 saturated carbocycles. The van der Waals surface area contributed by atoms with Gasteiger partial charge in [-0.25, -0.2) is 4.98 Å². The van der Waals surface area contributed by atoms with E-state index in [1.54, 1.807) is 7.05 Å². The van der Waals surface area contributed by atoms with Gasteiger partial charge < -0.3 is 14.9 Å². The molecule has 0 radical (unpaired) electrons. The van der Waals surface area contributed by atoms with Crippen LogP contribution in [0.4, 0.5) is 18.9 Å². The van der Waals surface area contributed by atoms with Gasteiger partial charge >= 0.3 is 6.18 Å². The summed E-state index contributed by atoms with van der Waals surface area (Å²) in [7, 11) is 1.61. The van der Waals surface area contributed by atoms with Crippen molar-refractivity contribution >= 4 is 5.69 Å². The molecule has 1 aliphatic rings. The number of alkyl halides is 3. The van der Waals surface area contributed by atoms with Gasteiger partial charge in [0.05, 0.1) is 36.0 Å². The van der Waals surface area contributed by atoms with Crippen molar-refractivity contribution < 1.29 is 23.0 Å². The third-order valence-corrected chi connectivity index (χ3v) is 4.04. The molecule has 1 saturated heterocycles. The minimum Gasteiger partial charge on any atom is -0.569 e. The molecule has 1 atom stereocenters. The molecule has 0 bridgehead atoms. The Morgan fingerprint density at radius 1 is 1.36 bits per heavy atom. The van der Waals surface area contributed by atoms with E-state index in [0.29, 0.717) is 30.2 Å². The third-order valence-electron chi connectivity index (χ3n) is 4.04. The van der Waals surface area contributed by atoms with E-state index in [2.05, 4.69) is 10.3 Å². The maximum absolute atomic E-state index is 12.5. The molecule has 1 aromatic rings. The van der Waals surface area contributed by atoms with Crippen LogP contribution in [-0.4, -0.2) is 46.7 Å². The normalized spacial score (nSPS) is 19.2. The van der Waals surface area contributed by atoms with Gasteiger partial charge in [-0.2, -0.15) is 13.2 Å². The van der Waals surface area contributed by atoms with Crippen molar-refractivity contribution in [3.63, 3.8) is 0 Å². The molecule has 1 aromatic heterocycles. The molecular weight excluding hydrogens is 339 g/mol. The van der Waals surface area contributed by atoms with Crippen LogP contribution in [0.25, 0.3) is 0 Å². The zero-order valence-corrected chi connectivity index (χ0v) is 14.6. The molecule has 7 nitrogen and oxygen atoms in total. The quantitative estimate of drug-likeness (QED) is 0.468. The standard InChI is InChI=1S/C15H22F3N5O2/c1-14(2,3)21(4)23(24)20-25-12-7-8-22(10-12)11-5-6-13(19-9-11)15(16,17)18/h5-6,9,12H,7-8,10H2,1-4H3/b23-20+/t12-/m1/s1. The highest BCUT2D eigenvalue weighted by Gasteiger charge is 2.33. The van der Waals surface area contributed by atoms with Gasteiger partial charge in [0.15, 0.2) is 6.10 Å². The highest BCUT2D eigenvalue weighted by molar-refractivity contribution is 5.46. The van der Waals surface area contributed by atoms with E-state index >= 15 is 0 Å². The largest absolute Gasteiger partial charge is 0.569 e. The summed E-state index contributed by atoms with van der Waals surface area (Å²) in [6.07, 6.45) is -2.97. The van der Waals surface area contributed by atoms with Gasteiger partial charge in [-0.05, 0) is 32.9 Å². The summed E-state index contributed by atoms with van der Waals surface area (Å²) in [6, 6.07) is 2.33. The highest BCUT2D eigenvalue weighted by Crippen LogP contribution is 2.29. The van der Waals surface area contributed by atoms with Gasteiger partial charge in [-0.3, -0.25) is 0 Å². The Morgan fingerprint density at radius 3 is 2.56 bits per heavy atom. The molecule has 0 aliphatic carbocycles. The Morgan fingerprint density at radius 2 is 2.04 bits per heavy atom. The van der Waals surface area contributed by atoms with E-state index < -0.39 is 17.4 Å². The second-order valence-corrected chi connectivity index (χ2v) is 6.89. The second kappa shape index (κ2) is 6.93. The molecule has 0 unspecified atom stereocenters. The number of nitrogens with zero attached hydrogens (tertiary/aromatic N) is 5. The Labute approximate surface area is 144 Å². The van der Waals surface area contributed by atoms with E-state index in [1.165, 1.54) is 17.3 Å². The fourth-order valence-corrected chi connectivity index (χ4v) is 2.21. The van der Waals surface area contributed by atoms with E-state index in [-0.39, 0.29) is 6.10 Å². The molecule has 25 heavy (non-hydrogen) atoms. The Balaban J connectivity index is 1.93. The lowest BCUT2D eigenvalue weighted by atomic mass is 10.1. The van der Waals surface area contributed by atoms with Gasteiger partial charge in [-0.15, -0.1) is 5.01 Å². The van der Waals surface area contributed by atoms with Crippen LogP contribution in [0.3, 0.4) is 0 Å². The second-order valence-electron chi connectivity index (χ2n) is 6.89. The van der Waals surface area contributed by atoms with Gasteiger partial charge in [0.1, 0.15) is 5.69 Å². The molecule has 0 N–H and O–H groups in total. The van der Waals surface area contributed by atoms with Crippen molar-refractivity contribution in [1.82, 2.24) is 9.99 Å². The number of hydrazine groups is 1. The summed E-state index contributed by atoms with van der Waals surface area (Å²) in [5.74, 6) is 0. The van der Waals surface area contributed by atoms with Crippen LogP contribution in [0.15, 0.2) is 23.6 Å². The monoisotopic (exact) mass is 361 g/mol. The zero-order chi connectivity index (χ0) is 18.8. The summed E-state index contributed by atoms with van der Waals surface area (Å²) in [5, 5.41) is 16.8. The third kappa shape index (κ3) is 4.86. The van der Waals surface area contributed by atoms with Crippen LogP contribution in [0.5, 0.6) is 0 Å². The molecule has 0 aromatic carbocycles. The molecule has 0 spiro atoms. The van der Waals surface area contributed by atoms with E-state index in [0.717, 1.165) is 6.07 Å². The van der Waals surface area contributed by atoms with Crippen LogP contribution in [0.1, 0.15) is 32.9 Å². The molecule has 2 rings (SSSR count). The van der Waals surface area contributed by atoms with Crippen molar-refractivity contribution in [2.75, 3.05) is 25.0 Å². The van der Waals surface area contributed by atoms with Gasteiger partial charge in [0, 0.05) is 13.0 Å². The number of hydrogen-bond acceptors (Lipinski definition) is 5. The number of rotatable bonds is 4. The predicted molar refractivity (Wildman–Crippen MR) is 84.5 cm³/mol. The molecule has 2 heterocycles. The Hall–Kier alpha value is -2.26. The van der Waals surface area contributed by atoms with Gasteiger partial charge in [-0.1, -0.05) is 0 Å². The van der Waals surface area contributed by atoms with E-state index in [4.69, 9.17) is 4.84 Å². The molecule has 1 fully saturated rings. The fourth-order valence-electron chi connectivity index (χ4n) is 2.21. The van der Waals surface area contributed by atoms with Crippen LogP contribution in [0, 0.1) is 5.21 Å². The van der Waals surface area contributed by atoms with Crippen molar-refractivity contribution in [2.45, 2.75) is 45.0 Å². The first-order valence-electron chi connectivity index (χ1n) is 7.84. The average molecular weight is 361 g/mol. The van der Waals surface area contributed by atoms with Crippen molar-refractivity contribution in [1.29, 1.82) is 0 Å². The lowest BCUT2D eigenvalue weighted by Gasteiger charge is -2.26. The first-order valence-corrected chi connectivity index (χ1v) is 7.84. The van der Waals surface area contributed by atoms with Crippen LogP contribution in [-0.2, 0) is 11.0 Å². The minimum atomic E-state index is -4.45. The first-order chi connectivity index (χ1) is 11.5. The smallest absolute Gasteiger partial charge is 0.433 e. The summed E-state index contributed by atoms with van der Waals surface area (Å²) in [6.45, 7) is 6.60. The highest BCUT2D eigenvalue weighted by atomic mass is 19.4. The lowest BCUT2D eigenvalue weighted by molar-refractivity contribution is -0.720. The number of anilines is 1. The SMILES string of the molecule is CN(/[N+]([O-])=N\O[C@@H]1CCN(c2ccc(C(F)(F)F)nc2)C1)C(C)(C)C. The lowest BCUT2D eigenvalue weighted by Crippen LogP contribution is -2.42. The van der Waals surface area contributed by atoms with Gasteiger partial charge in [0.25, 0.3) is 0 Å². The molecule has 140 valence electrons. The summed E-state index contributed by atoms with van der Waals surface area (Å²) >= 11 is 0. The predicted octanol–water partition coefficient (Wildman–Crippen LogP) is 3.22. The van der Waals surface area contributed by atoms with Crippen molar-refractivity contribution in [3.8, 4) is 0 Å². The number of aromatic nitrogens is 1. The van der Waals surface area contributed by atoms with Crippen LogP contribution >= 0.6 is 0 Å². The van der Waals surface area contributed by atoms with E-state index in [1.807, 2.05) is 25.7 Å². The average Bonchev–Trinajstić information content (AvgIpc) is 2.99. The topological polar surface area (TPSA) is 67.0 Å². The van der Waals surface area contributed by atoms with Crippen LogP contribution in [0.2, 0.25) is 0 Å². The minimum absolute atomic E-state index is 0.313. The fraction of sp³-hybridized carbons (Fsp3) is 0.667. The number of pyridine rings is 1. The summed E-state index contributed by atoms with van der Waals surface area (Å²) < 4.78 is 37.6. The summed E-state index contributed by atoms with van der Waals surface area (Å²) in [5.41, 5.74) is -0.752. The first kappa shape index (κ1) is 19.1. The Kier molecular flexibility index (Phi) is 5.28. The Bertz CT molecular complexity index is 613. The van der Waals surface area contributed by atoms with Gasteiger partial charge in [0.2, 0.25) is 5.28 Å². The number of halogens is 3. The molecule has 1 aliphatic heterocycles. The zero-order valence-electron chi connectivity index (χ0n) is 14.6. The molecule has 0 amide bonds. The summed E-state index contributed by atoms with van der Waals surface area (Å²) in [4.78, 5) is 10.9. The maximum Gasteiger partial charge on any atom is 0.433 e.